The van der Waals surface area contributed by atoms with E-state index in [1.165, 1.54) is 0 Å². The van der Waals surface area contributed by atoms with Gasteiger partial charge in [0, 0.05) is 6.54 Å². The van der Waals surface area contributed by atoms with Gasteiger partial charge in [0.1, 0.15) is 31.0 Å². The van der Waals surface area contributed by atoms with Gasteiger partial charge in [0.25, 0.3) is 0 Å². The van der Waals surface area contributed by atoms with Gasteiger partial charge >= 0.3 is 0 Å². The molecule has 1 saturated heterocycles. The fourth-order valence-corrected chi connectivity index (χ4v) is 3.39. The molecule has 0 aromatic rings. The van der Waals surface area contributed by atoms with Crippen molar-refractivity contribution in [3.05, 3.63) is 0 Å². The van der Waals surface area contributed by atoms with E-state index in [9.17, 15) is 20.4 Å². The van der Waals surface area contributed by atoms with Crippen molar-refractivity contribution in [2.24, 2.45) is 0 Å². The number of likely N-dealkylation sites (N-methyl/N-ethyl adjacent to an activating group) is 2. The summed E-state index contributed by atoms with van der Waals surface area (Å²) in [7, 11) is 0. The van der Waals surface area contributed by atoms with Gasteiger partial charge in [0.15, 0.2) is 6.29 Å². The molecule has 0 spiro atoms. The summed E-state index contributed by atoms with van der Waals surface area (Å²) >= 11 is 0. The van der Waals surface area contributed by atoms with Gasteiger partial charge in [0.05, 0.1) is 32.8 Å². The van der Waals surface area contributed by atoms with Crippen LogP contribution in [0.5, 0.6) is 0 Å². The first-order valence-corrected chi connectivity index (χ1v) is 9.87. The van der Waals surface area contributed by atoms with Gasteiger partial charge in [-0.15, -0.1) is 0 Å². The van der Waals surface area contributed by atoms with Crippen LogP contribution in [0.25, 0.3) is 0 Å². The van der Waals surface area contributed by atoms with E-state index in [1.807, 2.05) is 0 Å². The molecule has 0 radical (unpaired) electrons. The molecule has 1 fully saturated rings. The number of rotatable bonds is 12. The van der Waals surface area contributed by atoms with Crippen molar-refractivity contribution >= 4 is 0 Å². The average Bonchev–Trinajstić information content (AvgIpc) is 2.66. The zero-order valence-electron chi connectivity index (χ0n) is 16.8. The van der Waals surface area contributed by atoms with Crippen LogP contribution in [0.3, 0.4) is 0 Å². The first-order valence-electron chi connectivity index (χ1n) is 9.87. The third kappa shape index (κ3) is 6.38. The maximum absolute atomic E-state index is 9.94. The summed E-state index contributed by atoms with van der Waals surface area (Å²) < 4.78 is 11.8. The molecule has 5 unspecified atom stereocenters. The smallest absolute Gasteiger partial charge is 0.184 e. The molecule has 8 nitrogen and oxygen atoms in total. The minimum Gasteiger partial charge on any atom is -0.387 e. The van der Waals surface area contributed by atoms with Crippen LogP contribution in [0.1, 0.15) is 27.7 Å². The SMILES string of the molecule is CCN(CC)CC[N+](CC)(CC)CCOCC1OC(O)C(O)C(O)C1O. The highest BCUT2D eigenvalue weighted by Crippen LogP contribution is 2.20. The van der Waals surface area contributed by atoms with Crippen molar-refractivity contribution in [3.63, 3.8) is 0 Å². The van der Waals surface area contributed by atoms with E-state index in [2.05, 4.69) is 32.6 Å². The minimum atomic E-state index is -1.52. The number of aliphatic hydroxyl groups excluding tert-OH is 4. The lowest BCUT2D eigenvalue weighted by Crippen LogP contribution is -2.58. The molecule has 8 heteroatoms. The van der Waals surface area contributed by atoms with Crippen molar-refractivity contribution in [2.75, 3.05) is 59.0 Å². The first-order chi connectivity index (χ1) is 12.3. The Labute approximate surface area is 157 Å². The zero-order chi connectivity index (χ0) is 19.7. The molecule has 0 saturated carbocycles. The molecule has 0 aromatic heterocycles. The molecule has 0 bridgehead atoms. The summed E-state index contributed by atoms with van der Waals surface area (Å²) in [6.07, 6.45) is -6.61. The number of aliphatic hydroxyl groups is 4. The molecule has 1 rings (SSSR count). The molecule has 0 aliphatic carbocycles. The zero-order valence-corrected chi connectivity index (χ0v) is 16.8. The second-order valence-electron chi connectivity index (χ2n) is 7.06. The number of hydrogen-bond acceptors (Lipinski definition) is 7. The normalized spacial score (nSPS) is 30.1. The van der Waals surface area contributed by atoms with E-state index in [0.717, 1.165) is 50.3 Å². The molecule has 0 aromatic carbocycles. The molecular weight excluding hydrogens is 340 g/mol. The van der Waals surface area contributed by atoms with Gasteiger partial charge < -0.3 is 34.4 Å². The highest BCUT2D eigenvalue weighted by Gasteiger charge is 2.43. The van der Waals surface area contributed by atoms with Crippen LogP contribution in [0.4, 0.5) is 0 Å². The van der Waals surface area contributed by atoms with Crippen molar-refractivity contribution < 1.29 is 34.4 Å². The van der Waals surface area contributed by atoms with Crippen molar-refractivity contribution in [2.45, 2.75) is 58.4 Å². The van der Waals surface area contributed by atoms with E-state index < -0.39 is 30.7 Å². The lowest BCUT2D eigenvalue weighted by molar-refractivity contribution is -0.924. The van der Waals surface area contributed by atoms with E-state index in [4.69, 9.17) is 9.47 Å². The third-order valence-corrected chi connectivity index (χ3v) is 5.81. The van der Waals surface area contributed by atoms with Crippen LogP contribution < -0.4 is 0 Å². The van der Waals surface area contributed by atoms with Crippen molar-refractivity contribution in [1.82, 2.24) is 4.90 Å². The minimum absolute atomic E-state index is 0.0610. The predicted octanol–water partition coefficient (Wildman–Crippen LogP) is -0.999. The average molecular weight is 380 g/mol. The number of hydrogen-bond donors (Lipinski definition) is 4. The quantitative estimate of drug-likeness (QED) is 0.255. The summed E-state index contributed by atoms with van der Waals surface area (Å²) in [5.74, 6) is 0. The maximum atomic E-state index is 9.94. The van der Waals surface area contributed by atoms with Crippen LogP contribution in [0, 0.1) is 0 Å². The van der Waals surface area contributed by atoms with E-state index >= 15 is 0 Å². The molecule has 0 amide bonds. The van der Waals surface area contributed by atoms with Gasteiger partial charge in [0.2, 0.25) is 0 Å². The summed E-state index contributed by atoms with van der Waals surface area (Å²) in [5, 5.41) is 38.7. The number of quaternary nitrogens is 1. The van der Waals surface area contributed by atoms with Gasteiger partial charge in [-0.05, 0) is 26.9 Å². The van der Waals surface area contributed by atoms with E-state index in [-0.39, 0.29) is 6.61 Å². The molecule has 4 N–H and O–H groups in total. The molecule has 1 aliphatic heterocycles. The van der Waals surface area contributed by atoms with Crippen LogP contribution >= 0.6 is 0 Å². The van der Waals surface area contributed by atoms with Crippen molar-refractivity contribution in [3.8, 4) is 0 Å². The summed E-state index contributed by atoms with van der Waals surface area (Å²) in [4.78, 5) is 2.42. The van der Waals surface area contributed by atoms with Gasteiger partial charge in [-0.3, -0.25) is 4.90 Å². The lowest BCUT2D eigenvalue weighted by Gasteiger charge is -2.39. The first kappa shape index (κ1) is 23.7. The summed E-state index contributed by atoms with van der Waals surface area (Å²) in [6, 6.07) is 0. The Hall–Kier alpha value is -0.320. The number of ether oxygens (including phenoxy) is 2. The lowest BCUT2D eigenvalue weighted by atomic mass is 9.99. The monoisotopic (exact) mass is 379 g/mol. The van der Waals surface area contributed by atoms with Crippen LogP contribution in [0.15, 0.2) is 0 Å². The Kier molecular flexibility index (Phi) is 10.5. The second-order valence-corrected chi connectivity index (χ2v) is 7.06. The fourth-order valence-electron chi connectivity index (χ4n) is 3.39. The molecule has 1 aliphatic rings. The molecular formula is C18H39N2O6+. The molecule has 1 heterocycles. The largest absolute Gasteiger partial charge is 0.387 e. The van der Waals surface area contributed by atoms with Crippen LogP contribution in [-0.4, -0.2) is 120 Å². The van der Waals surface area contributed by atoms with Crippen molar-refractivity contribution in [1.29, 1.82) is 0 Å². The Balaban J connectivity index is 2.45. The Morgan fingerprint density at radius 1 is 0.885 bits per heavy atom. The fraction of sp³-hybridized carbons (Fsp3) is 1.00. The molecule has 156 valence electrons. The van der Waals surface area contributed by atoms with E-state index in [1.54, 1.807) is 0 Å². The Morgan fingerprint density at radius 2 is 1.50 bits per heavy atom. The maximum Gasteiger partial charge on any atom is 0.184 e. The second kappa shape index (κ2) is 11.5. The summed E-state index contributed by atoms with van der Waals surface area (Å²) in [6.45, 7) is 16.4. The predicted molar refractivity (Wildman–Crippen MR) is 98.6 cm³/mol. The van der Waals surface area contributed by atoms with E-state index in [0.29, 0.717) is 6.61 Å². The highest BCUT2D eigenvalue weighted by atomic mass is 16.6. The topological polar surface area (TPSA) is 103 Å². The standard InChI is InChI=1S/C18H39N2O6/c1-5-19(6-2)9-10-20(7-3,8-4)11-12-25-13-14-15(21)16(22)17(23)18(24)26-14/h14-18,21-24H,5-13H2,1-4H3/q+1. The van der Waals surface area contributed by atoms with Crippen LogP contribution in [-0.2, 0) is 9.47 Å². The summed E-state index contributed by atoms with van der Waals surface area (Å²) in [5.41, 5.74) is 0. The third-order valence-electron chi connectivity index (χ3n) is 5.81. The van der Waals surface area contributed by atoms with Gasteiger partial charge in [-0.1, -0.05) is 13.8 Å². The Morgan fingerprint density at radius 3 is 2.04 bits per heavy atom. The van der Waals surface area contributed by atoms with Gasteiger partial charge in [-0.2, -0.15) is 0 Å². The van der Waals surface area contributed by atoms with Crippen LogP contribution in [0.2, 0.25) is 0 Å². The Bertz CT molecular complexity index is 379. The van der Waals surface area contributed by atoms with Gasteiger partial charge in [-0.25, -0.2) is 0 Å². The molecule has 26 heavy (non-hydrogen) atoms. The number of nitrogens with zero attached hydrogens (tertiary/aromatic N) is 2. The highest BCUT2D eigenvalue weighted by molar-refractivity contribution is 4.88. The molecule has 5 atom stereocenters.